The third-order valence-corrected chi connectivity index (χ3v) is 4.09. The van der Waals surface area contributed by atoms with Gasteiger partial charge < -0.3 is 4.74 Å². The molecule has 0 saturated carbocycles. The molecule has 22 heavy (non-hydrogen) atoms. The van der Waals surface area contributed by atoms with E-state index in [1.165, 1.54) is 11.3 Å². The van der Waals surface area contributed by atoms with Crippen molar-refractivity contribution in [2.24, 2.45) is 0 Å². The van der Waals surface area contributed by atoms with Gasteiger partial charge in [-0.1, -0.05) is 17.4 Å². The molecule has 0 radical (unpaired) electrons. The summed E-state index contributed by atoms with van der Waals surface area (Å²) in [6, 6.07) is 7.45. The van der Waals surface area contributed by atoms with Crippen LogP contribution in [0.15, 0.2) is 30.5 Å². The first kappa shape index (κ1) is 14.5. The number of carbonyl (C=O) groups is 1. The third kappa shape index (κ3) is 2.67. The van der Waals surface area contributed by atoms with E-state index in [0.717, 1.165) is 16.0 Å². The summed E-state index contributed by atoms with van der Waals surface area (Å²) in [6.07, 6.45) is 1.62. The molecule has 1 N–H and O–H groups in total. The number of fused-ring (bicyclic) bond motifs is 1. The third-order valence-electron chi connectivity index (χ3n) is 3.15. The van der Waals surface area contributed by atoms with E-state index in [1.807, 2.05) is 32.0 Å². The highest BCUT2D eigenvalue weighted by Gasteiger charge is 2.15. The number of ether oxygens (including phenoxy) is 1. The van der Waals surface area contributed by atoms with Gasteiger partial charge in [-0.3, -0.25) is 14.8 Å². The molecule has 2 aromatic heterocycles. The standard InChI is InChI=1S/C15H16N4O2S/c1-3-19-10(8-9-16-19)14(20)18-15-17-13-11(21-4-2)6-5-7-12(13)22-15/h5-9H,3-4H2,1-2H3,(H,17,18,20). The van der Waals surface area contributed by atoms with Gasteiger partial charge in [0.2, 0.25) is 0 Å². The van der Waals surface area contributed by atoms with Gasteiger partial charge in [0.15, 0.2) is 5.13 Å². The van der Waals surface area contributed by atoms with Gasteiger partial charge >= 0.3 is 0 Å². The van der Waals surface area contributed by atoms with Crippen LogP contribution in [0.5, 0.6) is 5.75 Å². The number of aromatic nitrogens is 3. The number of hydrogen-bond donors (Lipinski definition) is 1. The highest BCUT2D eigenvalue weighted by Crippen LogP contribution is 2.32. The number of rotatable bonds is 5. The zero-order chi connectivity index (χ0) is 15.5. The minimum Gasteiger partial charge on any atom is -0.492 e. The number of thiazole rings is 1. The van der Waals surface area contributed by atoms with Crippen LogP contribution < -0.4 is 10.1 Å². The maximum absolute atomic E-state index is 12.3. The van der Waals surface area contributed by atoms with Gasteiger partial charge in [0.25, 0.3) is 5.91 Å². The fourth-order valence-electron chi connectivity index (χ4n) is 2.19. The molecule has 0 spiro atoms. The van der Waals surface area contributed by atoms with E-state index >= 15 is 0 Å². The molecule has 0 atom stereocenters. The molecule has 3 rings (SSSR count). The Hall–Kier alpha value is -2.41. The van der Waals surface area contributed by atoms with Crippen LogP contribution in [0.25, 0.3) is 10.2 Å². The highest BCUT2D eigenvalue weighted by molar-refractivity contribution is 7.22. The molecular formula is C15H16N4O2S. The predicted octanol–water partition coefficient (Wildman–Crippen LogP) is 3.16. The summed E-state index contributed by atoms with van der Waals surface area (Å²) in [6.45, 7) is 5.09. The van der Waals surface area contributed by atoms with Gasteiger partial charge in [0.1, 0.15) is 17.0 Å². The number of benzene rings is 1. The number of nitrogens with one attached hydrogen (secondary N) is 1. The summed E-state index contributed by atoms with van der Waals surface area (Å²) >= 11 is 1.42. The molecule has 2 heterocycles. The van der Waals surface area contributed by atoms with Gasteiger partial charge in [0, 0.05) is 12.7 Å². The first-order chi connectivity index (χ1) is 10.7. The molecule has 0 bridgehead atoms. The number of carbonyl (C=O) groups excluding carboxylic acids is 1. The van der Waals surface area contributed by atoms with Crippen LogP contribution in [-0.4, -0.2) is 27.3 Å². The Morgan fingerprint density at radius 2 is 2.23 bits per heavy atom. The molecule has 1 aromatic carbocycles. The Labute approximate surface area is 131 Å². The molecule has 114 valence electrons. The Balaban J connectivity index is 1.88. The lowest BCUT2D eigenvalue weighted by molar-refractivity contribution is 0.101. The van der Waals surface area contributed by atoms with E-state index in [4.69, 9.17) is 4.74 Å². The first-order valence-corrected chi connectivity index (χ1v) is 7.90. The molecule has 0 aliphatic carbocycles. The second kappa shape index (κ2) is 6.15. The highest BCUT2D eigenvalue weighted by atomic mass is 32.1. The zero-order valence-corrected chi connectivity index (χ0v) is 13.2. The second-order valence-corrected chi connectivity index (χ2v) is 5.57. The maximum Gasteiger partial charge on any atom is 0.275 e. The van der Waals surface area contributed by atoms with Gasteiger partial charge in [-0.05, 0) is 32.0 Å². The summed E-state index contributed by atoms with van der Waals surface area (Å²) in [5.74, 6) is 0.520. The zero-order valence-electron chi connectivity index (χ0n) is 12.4. The van der Waals surface area contributed by atoms with E-state index in [-0.39, 0.29) is 5.91 Å². The Morgan fingerprint density at radius 1 is 1.36 bits per heavy atom. The largest absolute Gasteiger partial charge is 0.492 e. The van der Waals surface area contributed by atoms with Crippen molar-refractivity contribution in [3.63, 3.8) is 0 Å². The average molecular weight is 316 g/mol. The van der Waals surface area contributed by atoms with Gasteiger partial charge in [0.05, 0.1) is 11.3 Å². The lowest BCUT2D eigenvalue weighted by atomic mass is 10.3. The van der Waals surface area contributed by atoms with Crippen LogP contribution in [-0.2, 0) is 6.54 Å². The molecular weight excluding hydrogens is 300 g/mol. The van der Waals surface area contributed by atoms with Crippen molar-refractivity contribution in [3.8, 4) is 5.75 Å². The molecule has 0 saturated heterocycles. The average Bonchev–Trinajstić information content (AvgIpc) is 3.13. The van der Waals surface area contributed by atoms with Crippen LogP contribution in [0.1, 0.15) is 24.3 Å². The summed E-state index contributed by atoms with van der Waals surface area (Å²) in [5, 5.41) is 7.48. The van der Waals surface area contributed by atoms with E-state index in [9.17, 15) is 4.79 Å². The SMILES string of the molecule is CCOc1cccc2sc(NC(=O)c3ccnn3CC)nc12. The fourth-order valence-corrected chi connectivity index (χ4v) is 3.07. The number of amides is 1. The maximum atomic E-state index is 12.3. The normalized spacial score (nSPS) is 10.8. The van der Waals surface area contributed by atoms with Gasteiger partial charge in [-0.2, -0.15) is 5.10 Å². The lowest BCUT2D eigenvalue weighted by Crippen LogP contribution is -2.17. The molecule has 0 fully saturated rings. The summed E-state index contributed by atoms with van der Waals surface area (Å²) in [7, 11) is 0. The van der Waals surface area contributed by atoms with E-state index in [1.54, 1.807) is 16.9 Å². The smallest absolute Gasteiger partial charge is 0.275 e. The quantitative estimate of drug-likeness (QED) is 0.785. The van der Waals surface area contributed by atoms with Crippen molar-refractivity contribution in [2.75, 3.05) is 11.9 Å². The Bertz CT molecular complexity index is 809. The molecule has 6 nitrogen and oxygen atoms in total. The molecule has 0 unspecified atom stereocenters. The van der Waals surface area contributed by atoms with E-state index < -0.39 is 0 Å². The Kier molecular flexibility index (Phi) is 4.06. The van der Waals surface area contributed by atoms with Crippen LogP contribution in [0.2, 0.25) is 0 Å². The number of aryl methyl sites for hydroxylation is 1. The Morgan fingerprint density at radius 3 is 3.00 bits per heavy atom. The van der Waals surface area contributed by atoms with Gasteiger partial charge in [-0.15, -0.1) is 0 Å². The van der Waals surface area contributed by atoms with Crippen molar-refractivity contribution in [1.29, 1.82) is 0 Å². The van der Waals surface area contributed by atoms with Gasteiger partial charge in [-0.25, -0.2) is 4.98 Å². The second-order valence-electron chi connectivity index (χ2n) is 4.54. The van der Waals surface area contributed by atoms with Crippen molar-refractivity contribution in [2.45, 2.75) is 20.4 Å². The van der Waals surface area contributed by atoms with Crippen molar-refractivity contribution >= 4 is 32.6 Å². The molecule has 3 aromatic rings. The first-order valence-electron chi connectivity index (χ1n) is 7.08. The van der Waals surface area contributed by atoms with Crippen LogP contribution >= 0.6 is 11.3 Å². The summed E-state index contributed by atoms with van der Waals surface area (Å²) in [4.78, 5) is 16.8. The lowest BCUT2D eigenvalue weighted by Gasteiger charge is -2.03. The molecule has 7 heteroatoms. The van der Waals surface area contributed by atoms with Crippen molar-refractivity contribution in [1.82, 2.24) is 14.8 Å². The molecule has 0 aliphatic rings. The number of hydrogen-bond acceptors (Lipinski definition) is 5. The van der Waals surface area contributed by atoms with Crippen LogP contribution in [0.4, 0.5) is 5.13 Å². The molecule has 1 amide bonds. The molecule has 0 aliphatic heterocycles. The van der Waals surface area contributed by atoms with Crippen molar-refractivity contribution in [3.05, 3.63) is 36.2 Å². The monoisotopic (exact) mass is 316 g/mol. The number of anilines is 1. The fraction of sp³-hybridized carbons (Fsp3) is 0.267. The number of nitrogens with zero attached hydrogens (tertiary/aromatic N) is 3. The van der Waals surface area contributed by atoms with Crippen LogP contribution in [0.3, 0.4) is 0 Å². The van der Waals surface area contributed by atoms with E-state index in [2.05, 4.69) is 15.4 Å². The minimum absolute atomic E-state index is 0.212. The predicted molar refractivity (Wildman–Crippen MR) is 86.6 cm³/mol. The topological polar surface area (TPSA) is 69.0 Å². The summed E-state index contributed by atoms with van der Waals surface area (Å²) in [5.41, 5.74) is 1.29. The van der Waals surface area contributed by atoms with E-state index in [0.29, 0.717) is 24.0 Å². The minimum atomic E-state index is -0.212. The van der Waals surface area contributed by atoms with Crippen molar-refractivity contribution < 1.29 is 9.53 Å². The summed E-state index contributed by atoms with van der Waals surface area (Å²) < 4.78 is 8.19. The number of para-hydroxylation sites is 1. The van der Waals surface area contributed by atoms with Crippen LogP contribution in [0, 0.1) is 0 Å².